The molecule has 0 saturated heterocycles. The molecule has 0 amide bonds. The largest absolute Gasteiger partial charge is 0.360 e. The maximum absolute atomic E-state index is 8.73. The van der Waals surface area contributed by atoms with Crippen LogP contribution in [-0.2, 0) is 6.54 Å². The highest BCUT2D eigenvalue weighted by Crippen LogP contribution is 2.22. The number of rotatable bonds is 2. The van der Waals surface area contributed by atoms with Gasteiger partial charge in [-0.25, -0.2) is 0 Å². The number of benzene rings is 1. The number of hydrogen-bond acceptors (Lipinski definition) is 2. The van der Waals surface area contributed by atoms with Gasteiger partial charge in [-0.1, -0.05) is 24.3 Å². The molecule has 2 aromatic rings. The van der Waals surface area contributed by atoms with Gasteiger partial charge in [0.05, 0.1) is 5.56 Å². The lowest BCUT2D eigenvalue weighted by Gasteiger charge is -2.04. The lowest BCUT2D eigenvalue weighted by atomic mass is 10.0. The van der Waals surface area contributed by atoms with Crippen LogP contribution in [0.25, 0.3) is 11.3 Å². The van der Waals surface area contributed by atoms with E-state index in [0.717, 1.165) is 16.8 Å². The molecule has 0 fully saturated rings. The van der Waals surface area contributed by atoms with Gasteiger partial charge in [0.2, 0.25) is 0 Å². The molecule has 74 valence electrons. The van der Waals surface area contributed by atoms with E-state index in [4.69, 9.17) is 11.0 Å². The first-order valence-corrected chi connectivity index (χ1v) is 4.72. The number of aromatic amines is 1. The zero-order valence-corrected chi connectivity index (χ0v) is 8.20. The van der Waals surface area contributed by atoms with Crippen LogP contribution < -0.4 is 5.73 Å². The van der Waals surface area contributed by atoms with Crippen molar-refractivity contribution in [3.05, 3.63) is 47.7 Å². The van der Waals surface area contributed by atoms with Gasteiger partial charge in [-0.15, -0.1) is 0 Å². The van der Waals surface area contributed by atoms with E-state index in [-0.39, 0.29) is 0 Å². The Morgan fingerprint density at radius 3 is 2.80 bits per heavy atom. The number of hydrogen-bond donors (Lipinski definition) is 2. The molecule has 0 radical (unpaired) electrons. The van der Waals surface area contributed by atoms with Crippen LogP contribution in [0.1, 0.15) is 11.1 Å². The molecule has 0 spiro atoms. The van der Waals surface area contributed by atoms with Crippen LogP contribution in [0.5, 0.6) is 0 Å². The summed E-state index contributed by atoms with van der Waals surface area (Å²) in [6, 6.07) is 11.8. The third kappa shape index (κ3) is 1.76. The zero-order valence-electron chi connectivity index (χ0n) is 8.20. The standard InChI is InChI=1S/C12H11N3/c13-6-9-5-12(15-8-9)11-4-2-1-3-10(11)7-14/h1-5,8,15H,7,14H2. The zero-order chi connectivity index (χ0) is 10.7. The average Bonchev–Trinajstić information content (AvgIpc) is 2.77. The van der Waals surface area contributed by atoms with E-state index in [1.54, 1.807) is 6.20 Å². The Bertz CT molecular complexity index is 506. The van der Waals surface area contributed by atoms with Crippen molar-refractivity contribution in [1.29, 1.82) is 5.26 Å². The van der Waals surface area contributed by atoms with Crippen molar-refractivity contribution in [1.82, 2.24) is 4.98 Å². The van der Waals surface area contributed by atoms with Gasteiger partial charge < -0.3 is 10.7 Å². The first-order valence-electron chi connectivity index (χ1n) is 4.72. The van der Waals surface area contributed by atoms with Crippen LogP contribution >= 0.6 is 0 Å². The maximum Gasteiger partial charge on any atom is 0.101 e. The SMILES string of the molecule is N#Cc1c[nH]c(-c2ccccc2CN)c1. The minimum Gasteiger partial charge on any atom is -0.360 e. The molecule has 1 heterocycles. The summed E-state index contributed by atoms with van der Waals surface area (Å²) in [5, 5.41) is 8.73. The Kier molecular flexibility index (Phi) is 2.53. The summed E-state index contributed by atoms with van der Waals surface area (Å²) >= 11 is 0. The molecule has 1 aromatic heterocycles. The molecule has 3 N–H and O–H groups in total. The molecule has 1 aromatic carbocycles. The number of nitrogens with one attached hydrogen (secondary N) is 1. The van der Waals surface area contributed by atoms with Gasteiger partial charge in [0, 0.05) is 24.0 Å². The molecule has 3 heteroatoms. The second kappa shape index (κ2) is 3.99. The Morgan fingerprint density at radius 1 is 1.33 bits per heavy atom. The van der Waals surface area contributed by atoms with E-state index in [1.165, 1.54) is 0 Å². The molecule has 0 bridgehead atoms. The van der Waals surface area contributed by atoms with Crippen molar-refractivity contribution in [2.45, 2.75) is 6.54 Å². The number of H-pyrrole nitrogens is 1. The first-order chi connectivity index (χ1) is 7.35. The van der Waals surface area contributed by atoms with Crippen molar-refractivity contribution >= 4 is 0 Å². The summed E-state index contributed by atoms with van der Waals surface area (Å²) in [6.45, 7) is 0.497. The van der Waals surface area contributed by atoms with Gasteiger partial charge in [0.15, 0.2) is 0 Å². The molecule has 0 saturated carbocycles. The Labute approximate surface area is 88.2 Å². The summed E-state index contributed by atoms with van der Waals surface area (Å²) in [5.74, 6) is 0. The lowest BCUT2D eigenvalue weighted by Crippen LogP contribution is -1.98. The topological polar surface area (TPSA) is 65.6 Å². The number of aromatic nitrogens is 1. The predicted octanol–water partition coefficient (Wildman–Crippen LogP) is 2.01. The third-order valence-corrected chi connectivity index (χ3v) is 2.34. The van der Waals surface area contributed by atoms with Crippen molar-refractivity contribution in [3.8, 4) is 17.3 Å². The lowest BCUT2D eigenvalue weighted by molar-refractivity contribution is 1.07. The van der Waals surface area contributed by atoms with Crippen molar-refractivity contribution in [2.75, 3.05) is 0 Å². The fraction of sp³-hybridized carbons (Fsp3) is 0.0833. The van der Waals surface area contributed by atoms with E-state index in [9.17, 15) is 0 Å². The van der Waals surface area contributed by atoms with Crippen LogP contribution in [0.4, 0.5) is 0 Å². The highest BCUT2D eigenvalue weighted by molar-refractivity contribution is 5.65. The van der Waals surface area contributed by atoms with Crippen molar-refractivity contribution in [3.63, 3.8) is 0 Å². The molecule has 2 rings (SSSR count). The van der Waals surface area contributed by atoms with Crippen LogP contribution in [0.2, 0.25) is 0 Å². The van der Waals surface area contributed by atoms with Crippen LogP contribution in [0.15, 0.2) is 36.5 Å². The summed E-state index contributed by atoms with van der Waals surface area (Å²) in [7, 11) is 0. The summed E-state index contributed by atoms with van der Waals surface area (Å²) in [6.07, 6.45) is 1.70. The quantitative estimate of drug-likeness (QED) is 0.773. The smallest absolute Gasteiger partial charge is 0.101 e. The maximum atomic E-state index is 8.73. The van der Waals surface area contributed by atoms with Gasteiger partial charge in [0.1, 0.15) is 6.07 Å². The van der Waals surface area contributed by atoms with Gasteiger partial charge in [-0.05, 0) is 11.6 Å². The molecule has 3 nitrogen and oxygen atoms in total. The van der Waals surface area contributed by atoms with Crippen molar-refractivity contribution < 1.29 is 0 Å². The van der Waals surface area contributed by atoms with Crippen LogP contribution in [0, 0.1) is 11.3 Å². The number of nitrogens with zero attached hydrogens (tertiary/aromatic N) is 1. The fourth-order valence-corrected chi connectivity index (χ4v) is 1.58. The molecule has 15 heavy (non-hydrogen) atoms. The number of nitrogens with two attached hydrogens (primary N) is 1. The monoisotopic (exact) mass is 197 g/mol. The van der Waals surface area contributed by atoms with Gasteiger partial charge in [-0.3, -0.25) is 0 Å². The highest BCUT2D eigenvalue weighted by Gasteiger charge is 2.05. The molecular formula is C12H11N3. The number of nitriles is 1. The molecule has 0 atom stereocenters. The fourth-order valence-electron chi connectivity index (χ4n) is 1.58. The van der Waals surface area contributed by atoms with Gasteiger partial charge in [-0.2, -0.15) is 5.26 Å². The molecule has 0 aliphatic rings. The van der Waals surface area contributed by atoms with Crippen molar-refractivity contribution in [2.24, 2.45) is 5.73 Å². The Morgan fingerprint density at radius 2 is 2.13 bits per heavy atom. The second-order valence-electron chi connectivity index (χ2n) is 3.28. The van der Waals surface area contributed by atoms with E-state index in [0.29, 0.717) is 12.1 Å². The van der Waals surface area contributed by atoms with E-state index in [2.05, 4.69) is 11.1 Å². The highest BCUT2D eigenvalue weighted by atomic mass is 14.7. The Balaban J connectivity index is 2.49. The van der Waals surface area contributed by atoms with Crippen LogP contribution in [0.3, 0.4) is 0 Å². The Hall–Kier alpha value is -2.05. The van der Waals surface area contributed by atoms with Gasteiger partial charge >= 0.3 is 0 Å². The van der Waals surface area contributed by atoms with Crippen LogP contribution in [-0.4, -0.2) is 4.98 Å². The molecule has 0 aliphatic carbocycles. The summed E-state index contributed by atoms with van der Waals surface area (Å²) in [5.41, 5.74) is 9.35. The minimum atomic E-state index is 0.497. The predicted molar refractivity (Wildman–Crippen MR) is 58.8 cm³/mol. The van der Waals surface area contributed by atoms with E-state index >= 15 is 0 Å². The minimum absolute atomic E-state index is 0.497. The summed E-state index contributed by atoms with van der Waals surface area (Å²) < 4.78 is 0. The van der Waals surface area contributed by atoms with E-state index < -0.39 is 0 Å². The molecular weight excluding hydrogens is 186 g/mol. The summed E-state index contributed by atoms with van der Waals surface area (Å²) in [4.78, 5) is 3.07. The third-order valence-electron chi connectivity index (χ3n) is 2.34. The second-order valence-corrected chi connectivity index (χ2v) is 3.28. The normalized spacial score (nSPS) is 9.87. The molecule has 0 aliphatic heterocycles. The van der Waals surface area contributed by atoms with E-state index in [1.807, 2.05) is 30.3 Å². The average molecular weight is 197 g/mol. The first kappa shape index (κ1) is 9.50. The van der Waals surface area contributed by atoms with Gasteiger partial charge in [0.25, 0.3) is 0 Å². The molecule has 0 unspecified atom stereocenters.